The van der Waals surface area contributed by atoms with Gasteiger partial charge < -0.3 is 10.5 Å². The summed E-state index contributed by atoms with van der Waals surface area (Å²) in [5.74, 6) is 0.709. The Morgan fingerprint density at radius 1 is 1.73 bits per heavy atom. The molecule has 0 amide bonds. The molecule has 0 radical (unpaired) electrons. The number of hydrogen-bond donors (Lipinski definition) is 1. The summed E-state index contributed by atoms with van der Waals surface area (Å²) in [6.07, 6.45) is 2.64. The van der Waals surface area contributed by atoms with Gasteiger partial charge in [-0.05, 0) is 12.5 Å². The van der Waals surface area contributed by atoms with E-state index in [0.29, 0.717) is 5.82 Å². The molecule has 0 saturated heterocycles. The molecule has 4 heteroatoms. The molecule has 0 bridgehead atoms. The lowest BCUT2D eigenvalue weighted by molar-refractivity contribution is 0.189. The maximum atomic E-state index is 5.58. The van der Waals surface area contributed by atoms with Gasteiger partial charge in [0.2, 0.25) is 0 Å². The standard InChI is InChI=1S/C7H13N3O/c1-11-6-2-5-10-7(8)3-4-9-10/h3-4H,2,5-6,8H2,1H3. The molecule has 2 N–H and O–H groups in total. The molecule has 1 aromatic rings. The van der Waals surface area contributed by atoms with Gasteiger partial charge in [-0.2, -0.15) is 5.10 Å². The molecule has 62 valence electrons. The van der Waals surface area contributed by atoms with Gasteiger partial charge in [0.15, 0.2) is 0 Å². The highest BCUT2D eigenvalue weighted by Crippen LogP contribution is 2.00. The van der Waals surface area contributed by atoms with E-state index < -0.39 is 0 Å². The van der Waals surface area contributed by atoms with E-state index in [1.54, 1.807) is 24.1 Å². The number of rotatable bonds is 4. The molecule has 1 rings (SSSR count). The highest BCUT2D eigenvalue weighted by atomic mass is 16.5. The molecule has 0 aliphatic carbocycles. The zero-order valence-corrected chi connectivity index (χ0v) is 6.66. The van der Waals surface area contributed by atoms with Crippen LogP contribution >= 0.6 is 0 Å². The van der Waals surface area contributed by atoms with Crippen molar-refractivity contribution in [1.29, 1.82) is 0 Å². The summed E-state index contributed by atoms with van der Waals surface area (Å²) in [6.45, 7) is 1.58. The van der Waals surface area contributed by atoms with E-state index in [-0.39, 0.29) is 0 Å². The van der Waals surface area contributed by atoms with Crippen molar-refractivity contribution in [2.24, 2.45) is 0 Å². The Morgan fingerprint density at radius 2 is 2.55 bits per heavy atom. The first-order valence-corrected chi connectivity index (χ1v) is 3.61. The maximum Gasteiger partial charge on any atom is 0.121 e. The summed E-state index contributed by atoms with van der Waals surface area (Å²) in [7, 11) is 1.69. The molecule has 11 heavy (non-hydrogen) atoms. The van der Waals surface area contributed by atoms with E-state index in [9.17, 15) is 0 Å². The first kappa shape index (κ1) is 8.07. The predicted molar refractivity (Wildman–Crippen MR) is 43.1 cm³/mol. The van der Waals surface area contributed by atoms with Crippen LogP contribution in [-0.2, 0) is 11.3 Å². The fourth-order valence-electron chi connectivity index (χ4n) is 0.888. The van der Waals surface area contributed by atoms with Crippen molar-refractivity contribution >= 4 is 5.82 Å². The van der Waals surface area contributed by atoms with Crippen molar-refractivity contribution in [3.63, 3.8) is 0 Å². The average Bonchev–Trinajstić information content (AvgIpc) is 2.37. The molecule has 0 atom stereocenters. The lowest BCUT2D eigenvalue weighted by Crippen LogP contribution is -2.06. The fraction of sp³-hybridized carbons (Fsp3) is 0.571. The average molecular weight is 155 g/mol. The van der Waals surface area contributed by atoms with Gasteiger partial charge in [0, 0.05) is 20.3 Å². The smallest absolute Gasteiger partial charge is 0.121 e. The molecule has 1 heterocycles. The lowest BCUT2D eigenvalue weighted by atomic mass is 10.4. The molecule has 0 fully saturated rings. The van der Waals surface area contributed by atoms with Crippen LogP contribution in [0.2, 0.25) is 0 Å². The number of nitrogens with two attached hydrogens (primary N) is 1. The second kappa shape index (κ2) is 3.98. The SMILES string of the molecule is COCCCn1nccc1N. The minimum absolute atomic E-state index is 0.709. The fourth-order valence-corrected chi connectivity index (χ4v) is 0.888. The highest BCUT2D eigenvalue weighted by molar-refractivity contribution is 5.25. The third-order valence-corrected chi connectivity index (χ3v) is 1.47. The molecular weight excluding hydrogens is 142 g/mol. The van der Waals surface area contributed by atoms with E-state index in [2.05, 4.69) is 5.10 Å². The molecule has 1 aromatic heterocycles. The molecule has 0 aromatic carbocycles. The van der Waals surface area contributed by atoms with Crippen LogP contribution in [0.1, 0.15) is 6.42 Å². The number of ether oxygens (including phenoxy) is 1. The van der Waals surface area contributed by atoms with Gasteiger partial charge in [-0.25, -0.2) is 0 Å². The minimum atomic E-state index is 0.709. The number of anilines is 1. The summed E-state index contributed by atoms with van der Waals surface area (Å²) in [6, 6.07) is 1.78. The van der Waals surface area contributed by atoms with Gasteiger partial charge in [-0.3, -0.25) is 4.68 Å². The highest BCUT2D eigenvalue weighted by Gasteiger charge is 1.95. The molecule has 0 unspecified atom stereocenters. The van der Waals surface area contributed by atoms with Crippen molar-refractivity contribution in [1.82, 2.24) is 9.78 Å². The Balaban J connectivity index is 2.32. The zero-order chi connectivity index (χ0) is 8.10. The van der Waals surface area contributed by atoms with Crippen LogP contribution in [-0.4, -0.2) is 23.5 Å². The Hall–Kier alpha value is -1.03. The van der Waals surface area contributed by atoms with Gasteiger partial charge >= 0.3 is 0 Å². The van der Waals surface area contributed by atoms with E-state index in [0.717, 1.165) is 19.6 Å². The molecule has 0 spiro atoms. The number of nitrogen functional groups attached to an aromatic ring is 1. The van der Waals surface area contributed by atoms with Crippen molar-refractivity contribution in [3.05, 3.63) is 12.3 Å². The molecule has 4 nitrogen and oxygen atoms in total. The summed E-state index contributed by atoms with van der Waals surface area (Å²) < 4.78 is 6.66. The first-order valence-electron chi connectivity index (χ1n) is 3.61. The quantitative estimate of drug-likeness (QED) is 0.644. The summed E-state index contributed by atoms with van der Waals surface area (Å²) in [5, 5.41) is 4.02. The van der Waals surface area contributed by atoms with Gasteiger partial charge in [-0.1, -0.05) is 0 Å². The van der Waals surface area contributed by atoms with E-state index >= 15 is 0 Å². The van der Waals surface area contributed by atoms with Crippen LogP contribution in [0, 0.1) is 0 Å². The minimum Gasteiger partial charge on any atom is -0.385 e. The summed E-state index contributed by atoms with van der Waals surface area (Å²) in [4.78, 5) is 0. The van der Waals surface area contributed by atoms with Crippen LogP contribution in [0.4, 0.5) is 5.82 Å². The molecular formula is C7H13N3O. The van der Waals surface area contributed by atoms with Crippen LogP contribution in [0.15, 0.2) is 12.3 Å². The lowest BCUT2D eigenvalue weighted by Gasteiger charge is -2.02. The van der Waals surface area contributed by atoms with Crippen molar-refractivity contribution < 1.29 is 4.74 Å². The number of hydrogen-bond acceptors (Lipinski definition) is 3. The Bertz CT molecular complexity index is 209. The van der Waals surface area contributed by atoms with Crippen LogP contribution in [0.3, 0.4) is 0 Å². The topological polar surface area (TPSA) is 53.1 Å². The zero-order valence-electron chi connectivity index (χ0n) is 6.66. The number of nitrogens with zero attached hydrogens (tertiary/aromatic N) is 2. The summed E-state index contributed by atoms with van der Waals surface area (Å²) in [5.41, 5.74) is 5.58. The number of methoxy groups -OCH3 is 1. The normalized spacial score (nSPS) is 10.3. The predicted octanol–water partition coefficient (Wildman–Crippen LogP) is 0.502. The number of aromatic nitrogens is 2. The molecule has 0 aliphatic heterocycles. The van der Waals surface area contributed by atoms with Gasteiger partial charge in [0.25, 0.3) is 0 Å². The van der Waals surface area contributed by atoms with E-state index in [1.807, 2.05) is 0 Å². The molecule has 0 saturated carbocycles. The van der Waals surface area contributed by atoms with Gasteiger partial charge in [0.1, 0.15) is 5.82 Å². The summed E-state index contributed by atoms with van der Waals surface area (Å²) >= 11 is 0. The Morgan fingerprint density at radius 3 is 3.09 bits per heavy atom. The van der Waals surface area contributed by atoms with Crippen LogP contribution in [0.5, 0.6) is 0 Å². The van der Waals surface area contributed by atoms with Crippen molar-refractivity contribution in [2.75, 3.05) is 19.5 Å². The molecule has 0 aliphatic rings. The number of aryl methyl sites for hydroxylation is 1. The van der Waals surface area contributed by atoms with Crippen LogP contribution < -0.4 is 5.73 Å². The second-order valence-electron chi connectivity index (χ2n) is 2.33. The van der Waals surface area contributed by atoms with Crippen molar-refractivity contribution in [3.8, 4) is 0 Å². The van der Waals surface area contributed by atoms with Crippen LogP contribution in [0.25, 0.3) is 0 Å². The maximum absolute atomic E-state index is 5.58. The van der Waals surface area contributed by atoms with E-state index in [1.165, 1.54) is 0 Å². The third-order valence-electron chi connectivity index (χ3n) is 1.47. The Kier molecular flexibility index (Phi) is 2.92. The largest absolute Gasteiger partial charge is 0.385 e. The van der Waals surface area contributed by atoms with Gasteiger partial charge in [0.05, 0.1) is 6.20 Å². The van der Waals surface area contributed by atoms with E-state index in [4.69, 9.17) is 10.5 Å². The second-order valence-corrected chi connectivity index (χ2v) is 2.33. The Labute approximate surface area is 66.0 Å². The monoisotopic (exact) mass is 155 g/mol. The van der Waals surface area contributed by atoms with Gasteiger partial charge in [-0.15, -0.1) is 0 Å². The van der Waals surface area contributed by atoms with Crippen molar-refractivity contribution in [2.45, 2.75) is 13.0 Å². The third kappa shape index (κ3) is 2.23. The first-order chi connectivity index (χ1) is 5.34.